The van der Waals surface area contributed by atoms with Gasteiger partial charge in [0.1, 0.15) is 0 Å². The van der Waals surface area contributed by atoms with E-state index in [1.54, 1.807) is 0 Å². The highest BCUT2D eigenvalue weighted by atomic mass is 15.2. The van der Waals surface area contributed by atoms with E-state index in [0.29, 0.717) is 17.8 Å². The number of benzene rings is 7. The Labute approximate surface area is 374 Å². The number of allylic oxidation sites excluding steroid dienone is 7. The summed E-state index contributed by atoms with van der Waals surface area (Å²) in [5.41, 5.74) is 16.0. The molecule has 0 spiro atoms. The molecule has 3 atom stereocenters. The standard InChI is InChI=1S/C59H56N4/c1-43-15-12-22-56(39-43)61(48-18-8-6-9-19-48)53-33-27-50(28-34-53)60(51-29-35-54(36-30-51)62(49-20-10-7-11-21-49)57-23-13-16-44(2)40-57)52-31-37-55(38-32-52)63(58-24-14-17-45(3)41-58)59-26-25-46(4)47(5)42-59/h6-40,42,45-47H,41H2,1-5H3. The number of hydrogen-bond acceptors (Lipinski definition) is 4. The zero-order valence-electron chi connectivity index (χ0n) is 37.0. The molecule has 0 fully saturated rings. The summed E-state index contributed by atoms with van der Waals surface area (Å²) < 4.78 is 0. The lowest BCUT2D eigenvalue weighted by atomic mass is 9.89. The third kappa shape index (κ3) is 9.03. The van der Waals surface area contributed by atoms with Crippen molar-refractivity contribution < 1.29 is 0 Å². The Morgan fingerprint density at radius 1 is 0.381 bits per heavy atom. The van der Waals surface area contributed by atoms with Gasteiger partial charge in [-0.2, -0.15) is 0 Å². The minimum absolute atomic E-state index is 0.456. The second kappa shape index (κ2) is 18.4. The molecule has 7 aromatic carbocycles. The molecule has 0 radical (unpaired) electrons. The highest BCUT2D eigenvalue weighted by Crippen LogP contribution is 2.43. The first kappa shape index (κ1) is 41.1. The zero-order chi connectivity index (χ0) is 43.3. The molecule has 2 aliphatic carbocycles. The van der Waals surface area contributed by atoms with Gasteiger partial charge < -0.3 is 19.6 Å². The van der Waals surface area contributed by atoms with E-state index in [1.165, 1.54) is 22.5 Å². The number of anilines is 10. The van der Waals surface area contributed by atoms with Crippen LogP contribution < -0.4 is 19.6 Å². The lowest BCUT2D eigenvalue weighted by Gasteiger charge is -2.34. The topological polar surface area (TPSA) is 13.0 Å². The Balaban J connectivity index is 1.13. The van der Waals surface area contributed by atoms with Crippen molar-refractivity contribution in [2.75, 3.05) is 19.6 Å². The van der Waals surface area contributed by atoms with Gasteiger partial charge in [0.25, 0.3) is 0 Å². The van der Waals surface area contributed by atoms with E-state index in [1.807, 2.05) is 0 Å². The maximum absolute atomic E-state index is 2.46. The third-order valence-corrected chi connectivity index (χ3v) is 12.3. The summed E-state index contributed by atoms with van der Waals surface area (Å²) in [6.07, 6.45) is 14.9. The number of para-hydroxylation sites is 2. The van der Waals surface area contributed by atoms with Crippen LogP contribution in [0.25, 0.3) is 0 Å². The summed E-state index contributed by atoms with van der Waals surface area (Å²) in [6, 6.07) is 65.7. The molecule has 0 aliphatic heterocycles. The molecule has 0 saturated heterocycles. The summed E-state index contributed by atoms with van der Waals surface area (Å²) in [6.45, 7) is 11.2. The normalized spacial score (nSPS) is 16.8. The molecule has 2 aliphatic rings. The summed E-state index contributed by atoms with van der Waals surface area (Å²) >= 11 is 0. The van der Waals surface area contributed by atoms with Gasteiger partial charge in [0, 0.05) is 68.3 Å². The van der Waals surface area contributed by atoms with Gasteiger partial charge in [-0.1, -0.05) is 106 Å². The van der Waals surface area contributed by atoms with Crippen molar-refractivity contribution in [2.45, 2.75) is 41.0 Å². The second-order valence-corrected chi connectivity index (χ2v) is 17.1. The Bertz CT molecular complexity index is 2630. The fourth-order valence-corrected chi connectivity index (χ4v) is 8.80. The van der Waals surface area contributed by atoms with Crippen molar-refractivity contribution in [1.29, 1.82) is 0 Å². The summed E-state index contributed by atoms with van der Waals surface area (Å²) in [5, 5.41) is 0. The molecule has 0 saturated carbocycles. The molecule has 0 bridgehead atoms. The molecule has 0 aromatic heterocycles. The smallest absolute Gasteiger partial charge is 0.0464 e. The van der Waals surface area contributed by atoms with Gasteiger partial charge in [-0.05, 0) is 183 Å². The van der Waals surface area contributed by atoms with Crippen LogP contribution in [0.5, 0.6) is 0 Å². The first-order chi connectivity index (χ1) is 30.8. The van der Waals surface area contributed by atoms with Gasteiger partial charge in [-0.25, -0.2) is 0 Å². The van der Waals surface area contributed by atoms with Gasteiger partial charge >= 0.3 is 0 Å². The van der Waals surface area contributed by atoms with Crippen LogP contribution in [0.1, 0.15) is 38.3 Å². The van der Waals surface area contributed by atoms with E-state index in [-0.39, 0.29) is 0 Å². The van der Waals surface area contributed by atoms with Crippen LogP contribution in [-0.4, -0.2) is 0 Å². The Morgan fingerprint density at radius 3 is 1.16 bits per heavy atom. The lowest BCUT2D eigenvalue weighted by molar-refractivity contribution is 0.546. The van der Waals surface area contributed by atoms with Crippen LogP contribution in [0.2, 0.25) is 0 Å². The lowest BCUT2D eigenvalue weighted by Crippen LogP contribution is -2.25. The average molecular weight is 821 g/mol. The van der Waals surface area contributed by atoms with Crippen LogP contribution in [0, 0.1) is 31.6 Å². The first-order valence-electron chi connectivity index (χ1n) is 22.3. The Hall–Kier alpha value is -7.30. The molecule has 3 unspecified atom stereocenters. The molecular weight excluding hydrogens is 765 g/mol. The van der Waals surface area contributed by atoms with Gasteiger partial charge in [0.05, 0.1) is 0 Å². The van der Waals surface area contributed by atoms with Crippen molar-refractivity contribution in [1.82, 2.24) is 0 Å². The van der Waals surface area contributed by atoms with Crippen LogP contribution in [0.15, 0.2) is 230 Å². The van der Waals surface area contributed by atoms with E-state index in [2.05, 4.69) is 273 Å². The van der Waals surface area contributed by atoms with Crippen molar-refractivity contribution in [3.8, 4) is 0 Å². The SMILES string of the molecule is Cc1cccc(N(c2ccccc2)c2ccc(N(c3ccc(N(C4=CC(C)C(C)C=C4)C4=CC=CC(C)C4)cc3)c3ccc(N(c4ccccc4)c4cccc(C)c4)cc3)cc2)c1. The fourth-order valence-electron chi connectivity index (χ4n) is 8.80. The minimum atomic E-state index is 0.456. The number of nitrogens with zero attached hydrogens (tertiary/aromatic N) is 4. The van der Waals surface area contributed by atoms with Gasteiger partial charge in [0.15, 0.2) is 0 Å². The molecule has 63 heavy (non-hydrogen) atoms. The van der Waals surface area contributed by atoms with Crippen LogP contribution in [0.3, 0.4) is 0 Å². The second-order valence-electron chi connectivity index (χ2n) is 17.1. The molecule has 0 N–H and O–H groups in total. The molecule has 312 valence electrons. The summed E-state index contributed by atoms with van der Waals surface area (Å²) in [7, 11) is 0. The monoisotopic (exact) mass is 820 g/mol. The number of rotatable bonds is 12. The largest absolute Gasteiger partial charge is 0.315 e. The van der Waals surface area contributed by atoms with E-state index < -0.39 is 0 Å². The van der Waals surface area contributed by atoms with Crippen molar-refractivity contribution >= 4 is 56.9 Å². The predicted molar refractivity (Wildman–Crippen MR) is 269 cm³/mol. The maximum Gasteiger partial charge on any atom is 0.0464 e. The van der Waals surface area contributed by atoms with Gasteiger partial charge in [-0.15, -0.1) is 0 Å². The highest BCUT2D eigenvalue weighted by molar-refractivity contribution is 5.84. The van der Waals surface area contributed by atoms with E-state index in [0.717, 1.165) is 63.3 Å². The predicted octanol–water partition coefficient (Wildman–Crippen LogP) is 16.7. The first-order valence-corrected chi connectivity index (χ1v) is 22.3. The maximum atomic E-state index is 2.46. The van der Waals surface area contributed by atoms with Gasteiger partial charge in [0.2, 0.25) is 0 Å². The molecule has 7 aromatic rings. The fraction of sp³-hybridized carbons (Fsp3) is 0.153. The van der Waals surface area contributed by atoms with Crippen molar-refractivity contribution in [2.24, 2.45) is 17.8 Å². The third-order valence-electron chi connectivity index (χ3n) is 12.3. The Morgan fingerprint density at radius 2 is 0.762 bits per heavy atom. The minimum Gasteiger partial charge on any atom is -0.315 e. The quantitative estimate of drug-likeness (QED) is 0.122. The summed E-state index contributed by atoms with van der Waals surface area (Å²) in [4.78, 5) is 9.49. The van der Waals surface area contributed by atoms with Crippen LogP contribution in [0.4, 0.5) is 56.9 Å². The molecule has 4 nitrogen and oxygen atoms in total. The highest BCUT2D eigenvalue weighted by Gasteiger charge is 2.24. The van der Waals surface area contributed by atoms with Gasteiger partial charge in [-0.3, -0.25) is 0 Å². The van der Waals surface area contributed by atoms with Crippen molar-refractivity contribution in [3.05, 3.63) is 241 Å². The molecule has 0 amide bonds. The van der Waals surface area contributed by atoms with E-state index in [4.69, 9.17) is 0 Å². The molecular formula is C59H56N4. The van der Waals surface area contributed by atoms with Crippen LogP contribution >= 0.6 is 0 Å². The number of hydrogen-bond donors (Lipinski definition) is 0. The van der Waals surface area contributed by atoms with E-state index >= 15 is 0 Å². The molecule has 4 heteroatoms. The molecule has 0 heterocycles. The van der Waals surface area contributed by atoms with E-state index in [9.17, 15) is 0 Å². The number of aryl methyl sites for hydroxylation is 2. The van der Waals surface area contributed by atoms with Crippen LogP contribution in [-0.2, 0) is 0 Å². The Kier molecular flexibility index (Phi) is 12.0. The summed E-state index contributed by atoms with van der Waals surface area (Å²) in [5.74, 6) is 1.44. The average Bonchev–Trinajstić information content (AvgIpc) is 3.30. The van der Waals surface area contributed by atoms with Crippen molar-refractivity contribution in [3.63, 3.8) is 0 Å². The zero-order valence-corrected chi connectivity index (χ0v) is 37.0. The molecule has 9 rings (SSSR count).